The number of ether oxygens (including phenoxy) is 2. The number of fused-ring (bicyclic) bond motifs is 7. The Bertz CT molecular complexity index is 1010. The second-order valence-electron chi connectivity index (χ2n) is 11.6. The molecule has 0 radical (unpaired) electrons. The highest BCUT2D eigenvalue weighted by molar-refractivity contribution is 5.91. The maximum absolute atomic E-state index is 13.4. The first-order chi connectivity index (χ1) is 15.1. The molecule has 1 saturated heterocycles. The minimum Gasteiger partial charge on any atom is -0.464 e. The number of Topliss-reactive ketones (excluding diaryl/α,β-unsaturated/α-hetero) is 1. The third kappa shape index (κ3) is 2.37. The van der Waals surface area contributed by atoms with Crippen molar-refractivity contribution in [2.75, 3.05) is 0 Å². The van der Waals surface area contributed by atoms with Crippen LogP contribution in [0.25, 0.3) is 0 Å². The summed E-state index contributed by atoms with van der Waals surface area (Å²) in [5, 5.41) is 0. The predicted molar refractivity (Wildman–Crippen MR) is 118 cm³/mol. The Morgan fingerprint density at radius 2 is 1.91 bits per heavy atom. The van der Waals surface area contributed by atoms with Gasteiger partial charge in [0.15, 0.2) is 22.9 Å². The smallest absolute Gasteiger partial charge is 0.226 e. The minimum atomic E-state index is -1.04. The molecule has 5 aliphatic rings. The van der Waals surface area contributed by atoms with Crippen molar-refractivity contribution < 1.29 is 23.5 Å². The minimum absolute atomic E-state index is 0.0760. The van der Waals surface area contributed by atoms with Gasteiger partial charge < -0.3 is 13.9 Å². The average Bonchev–Trinajstić information content (AvgIpc) is 3.43. The Morgan fingerprint density at radius 1 is 1.09 bits per heavy atom. The standard InChI is InChI=1S/C27H34O5/c1-16(28)27-23(31-26(4,32-27)22-6-5-13-30-22)15-21-19-8-7-17-14-18(29)9-11-24(17,2)20(19)10-12-25(21,27)3/h5-6,13-14,19-21,23H,7-12,15H2,1-4H3/t19-,20+,21+,23-,24+,25+,26-,27-/m1/s1. The quantitative estimate of drug-likeness (QED) is 0.624. The van der Waals surface area contributed by atoms with E-state index in [4.69, 9.17) is 13.9 Å². The molecule has 8 atom stereocenters. The summed E-state index contributed by atoms with van der Waals surface area (Å²) in [6.07, 6.45) is 9.91. The zero-order valence-corrected chi connectivity index (χ0v) is 19.6. The summed E-state index contributed by atoms with van der Waals surface area (Å²) < 4.78 is 19.0. The fourth-order valence-electron chi connectivity index (χ4n) is 8.80. The highest BCUT2D eigenvalue weighted by Gasteiger charge is 2.76. The van der Waals surface area contributed by atoms with Crippen molar-refractivity contribution in [2.24, 2.45) is 28.6 Å². The first-order valence-corrected chi connectivity index (χ1v) is 12.3. The molecule has 1 aromatic rings. The summed E-state index contributed by atoms with van der Waals surface area (Å²) in [6, 6.07) is 3.70. The number of hydrogen-bond acceptors (Lipinski definition) is 5. The van der Waals surface area contributed by atoms with Crippen LogP contribution >= 0.6 is 0 Å². The Labute approximate surface area is 189 Å². The number of allylic oxidation sites excluding steroid dienone is 1. The van der Waals surface area contributed by atoms with Crippen molar-refractivity contribution in [3.63, 3.8) is 0 Å². The number of hydrogen-bond donors (Lipinski definition) is 0. The number of ketones is 2. The molecule has 3 saturated carbocycles. The molecule has 0 aromatic carbocycles. The SMILES string of the molecule is CC(=O)[C@@]12O[C@](C)(c3ccco3)O[C@@H]1C[C@H]1[C@@H]3CCC4=CC(=O)CC[C@]4(C)[C@H]3CC[C@@]12C. The highest BCUT2D eigenvalue weighted by Crippen LogP contribution is 2.71. The van der Waals surface area contributed by atoms with Gasteiger partial charge in [-0.3, -0.25) is 9.59 Å². The summed E-state index contributed by atoms with van der Waals surface area (Å²) in [5.41, 5.74) is 0.278. The van der Waals surface area contributed by atoms with Crippen LogP contribution in [0.5, 0.6) is 0 Å². The Kier molecular flexibility index (Phi) is 4.20. The van der Waals surface area contributed by atoms with Crippen molar-refractivity contribution in [1.29, 1.82) is 0 Å². The normalized spacial score (nSPS) is 49.6. The molecule has 0 bridgehead atoms. The van der Waals surface area contributed by atoms with Gasteiger partial charge in [-0.1, -0.05) is 19.4 Å². The summed E-state index contributed by atoms with van der Waals surface area (Å²) in [7, 11) is 0. The molecule has 1 aromatic heterocycles. The molecule has 5 heteroatoms. The van der Waals surface area contributed by atoms with Crippen molar-refractivity contribution in [1.82, 2.24) is 0 Å². The van der Waals surface area contributed by atoms with Crippen LogP contribution in [-0.4, -0.2) is 23.3 Å². The number of carbonyl (C=O) groups is 2. The fourth-order valence-corrected chi connectivity index (χ4v) is 8.80. The third-order valence-corrected chi connectivity index (χ3v) is 10.3. The molecule has 6 rings (SSSR count). The number of rotatable bonds is 2. The van der Waals surface area contributed by atoms with Gasteiger partial charge in [-0.15, -0.1) is 0 Å². The van der Waals surface area contributed by atoms with Gasteiger partial charge in [-0.25, -0.2) is 0 Å². The van der Waals surface area contributed by atoms with E-state index in [0.717, 1.165) is 38.5 Å². The molecule has 0 spiro atoms. The molecule has 0 unspecified atom stereocenters. The van der Waals surface area contributed by atoms with E-state index in [2.05, 4.69) is 13.8 Å². The topological polar surface area (TPSA) is 65.7 Å². The van der Waals surface area contributed by atoms with E-state index in [9.17, 15) is 9.59 Å². The van der Waals surface area contributed by atoms with Gasteiger partial charge in [-0.05, 0) is 93.7 Å². The lowest BCUT2D eigenvalue weighted by Crippen LogP contribution is -2.59. The largest absolute Gasteiger partial charge is 0.464 e. The lowest BCUT2D eigenvalue weighted by atomic mass is 9.46. The fraction of sp³-hybridized carbons (Fsp3) is 0.704. The van der Waals surface area contributed by atoms with Crippen LogP contribution in [0.3, 0.4) is 0 Å². The molecule has 172 valence electrons. The summed E-state index contributed by atoms with van der Waals surface area (Å²) in [4.78, 5) is 25.5. The summed E-state index contributed by atoms with van der Waals surface area (Å²) in [6.45, 7) is 8.24. The molecule has 4 aliphatic carbocycles. The molecule has 4 fully saturated rings. The van der Waals surface area contributed by atoms with Gasteiger partial charge in [0.25, 0.3) is 0 Å². The molecule has 2 heterocycles. The van der Waals surface area contributed by atoms with Crippen LogP contribution in [0.1, 0.15) is 78.4 Å². The van der Waals surface area contributed by atoms with Gasteiger partial charge >= 0.3 is 0 Å². The van der Waals surface area contributed by atoms with Crippen molar-refractivity contribution in [3.8, 4) is 0 Å². The van der Waals surface area contributed by atoms with Crippen molar-refractivity contribution in [3.05, 3.63) is 35.8 Å². The Morgan fingerprint density at radius 3 is 2.62 bits per heavy atom. The average molecular weight is 439 g/mol. The first-order valence-electron chi connectivity index (χ1n) is 12.3. The van der Waals surface area contributed by atoms with Gasteiger partial charge in [-0.2, -0.15) is 0 Å². The van der Waals surface area contributed by atoms with Gasteiger partial charge in [0.05, 0.1) is 12.4 Å². The zero-order valence-electron chi connectivity index (χ0n) is 19.6. The maximum Gasteiger partial charge on any atom is 0.226 e. The van der Waals surface area contributed by atoms with E-state index >= 15 is 0 Å². The Hall–Kier alpha value is -1.72. The molecule has 0 amide bonds. The maximum atomic E-state index is 13.4. The first kappa shape index (κ1) is 20.9. The monoisotopic (exact) mass is 438 g/mol. The predicted octanol–water partition coefficient (Wildman–Crippen LogP) is 5.34. The van der Waals surface area contributed by atoms with E-state index in [1.807, 2.05) is 25.1 Å². The number of carbonyl (C=O) groups excluding carboxylic acids is 2. The van der Waals surface area contributed by atoms with Gasteiger partial charge in [0.2, 0.25) is 5.79 Å². The lowest BCUT2D eigenvalue weighted by molar-refractivity contribution is -0.234. The zero-order chi connectivity index (χ0) is 22.5. The van der Waals surface area contributed by atoms with Crippen molar-refractivity contribution in [2.45, 2.75) is 90.1 Å². The Balaban J connectivity index is 1.38. The van der Waals surface area contributed by atoms with Crippen LogP contribution in [0.15, 0.2) is 34.5 Å². The van der Waals surface area contributed by atoms with E-state index in [0.29, 0.717) is 35.7 Å². The molecule has 32 heavy (non-hydrogen) atoms. The number of furan rings is 1. The lowest BCUT2D eigenvalue weighted by Gasteiger charge is -2.59. The molecular weight excluding hydrogens is 404 g/mol. The summed E-state index contributed by atoms with van der Waals surface area (Å²) in [5.74, 6) is 1.43. The van der Waals surface area contributed by atoms with Gasteiger partial charge in [0, 0.05) is 11.8 Å². The van der Waals surface area contributed by atoms with Crippen LogP contribution in [0.4, 0.5) is 0 Å². The molecule has 5 nitrogen and oxygen atoms in total. The van der Waals surface area contributed by atoms with E-state index in [1.165, 1.54) is 5.57 Å². The molecule has 1 aliphatic heterocycles. The summed E-state index contributed by atoms with van der Waals surface area (Å²) >= 11 is 0. The van der Waals surface area contributed by atoms with E-state index < -0.39 is 11.4 Å². The molecule has 0 N–H and O–H groups in total. The highest BCUT2D eigenvalue weighted by atomic mass is 16.8. The van der Waals surface area contributed by atoms with Gasteiger partial charge in [0.1, 0.15) is 0 Å². The van der Waals surface area contributed by atoms with E-state index in [-0.39, 0.29) is 22.7 Å². The third-order valence-electron chi connectivity index (χ3n) is 10.3. The van der Waals surface area contributed by atoms with Crippen molar-refractivity contribution >= 4 is 11.6 Å². The van der Waals surface area contributed by atoms with Crippen LogP contribution in [0, 0.1) is 28.6 Å². The van der Waals surface area contributed by atoms with Crippen LogP contribution in [-0.2, 0) is 24.8 Å². The second kappa shape index (κ2) is 6.44. The van der Waals surface area contributed by atoms with Crippen LogP contribution in [0.2, 0.25) is 0 Å². The van der Waals surface area contributed by atoms with Crippen LogP contribution < -0.4 is 0 Å². The second-order valence-corrected chi connectivity index (χ2v) is 11.6. The molecular formula is C27H34O5. The van der Waals surface area contributed by atoms with E-state index in [1.54, 1.807) is 13.2 Å².